The summed E-state index contributed by atoms with van der Waals surface area (Å²) in [6, 6.07) is 17.7. The Balaban J connectivity index is 0.000000652. The maximum absolute atomic E-state index is 5.48. The first kappa shape index (κ1) is 110. The van der Waals surface area contributed by atoms with E-state index in [0.717, 1.165) is 98.7 Å². The number of hydrogen-bond donors (Lipinski definition) is 0. The summed E-state index contributed by atoms with van der Waals surface area (Å²) >= 11 is 0. The Morgan fingerprint density at radius 1 is 0.246 bits per heavy atom. The van der Waals surface area contributed by atoms with Gasteiger partial charge in [0.05, 0.1) is 13.2 Å². The van der Waals surface area contributed by atoms with E-state index in [0.29, 0.717) is 93.7 Å². The molecule has 2 aromatic rings. The first-order valence-electron chi connectivity index (χ1n) is 47.7. The molecule has 4 aliphatic carbocycles. The van der Waals surface area contributed by atoms with Crippen molar-refractivity contribution in [2.45, 2.75) is 453 Å². The fraction of sp³-hybridized carbons (Fsp3) is 0.900. The van der Waals surface area contributed by atoms with Crippen molar-refractivity contribution in [1.82, 2.24) is 9.88 Å². The summed E-state index contributed by atoms with van der Waals surface area (Å²) < 4.78 is 10.9. The molecule has 0 atom stereocenters. The number of aromatic nitrogens is 1. The summed E-state index contributed by atoms with van der Waals surface area (Å²) in [5.74, 6) is 10.2. The van der Waals surface area contributed by atoms with Crippen molar-refractivity contribution in [3.8, 4) is 0 Å². The molecule has 672 valence electrons. The van der Waals surface area contributed by atoms with Gasteiger partial charge in [-0.05, 0) is 195 Å². The maximum atomic E-state index is 5.48. The summed E-state index contributed by atoms with van der Waals surface area (Å²) in [5, 5.41) is 0. The number of morpholine rings is 1. The lowest BCUT2D eigenvalue weighted by molar-refractivity contribution is -0.0476. The van der Waals surface area contributed by atoms with E-state index in [-0.39, 0.29) is 10.8 Å². The molecule has 0 amide bonds. The van der Waals surface area contributed by atoms with Gasteiger partial charge >= 0.3 is 0 Å². The number of benzene rings is 1. The highest BCUT2D eigenvalue weighted by Crippen LogP contribution is 2.57. The zero-order valence-corrected chi connectivity index (χ0v) is 87.0. The van der Waals surface area contributed by atoms with E-state index in [1.807, 2.05) is 12.3 Å². The largest absolute Gasteiger partial charge is 0.381 e. The van der Waals surface area contributed by atoms with Crippen LogP contribution in [-0.4, -0.2) is 55.4 Å². The molecular weight excluding hydrogens is 1380 g/mol. The van der Waals surface area contributed by atoms with Crippen LogP contribution in [0.3, 0.4) is 0 Å². The van der Waals surface area contributed by atoms with Crippen molar-refractivity contribution in [3.63, 3.8) is 0 Å². The van der Waals surface area contributed by atoms with Crippen LogP contribution in [0, 0.1) is 146 Å². The van der Waals surface area contributed by atoms with Crippen LogP contribution in [0.25, 0.3) is 0 Å². The predicted octanol–water partition coefficient (Wildman–Crippen LogP) is 34.8. The third kappa shape index (κ3) is 39.6. The van der Waals surface area contributed by atoms with Gasteiger partial charge in [0.1, 0.15) is 0 Å². The summed E-state index contributed by atoms with van der Waals surface area (Å²) in [6.07, 6.45) is 25.0. The van der Waals surface area contributed by atoms with Gasteiger partial charge < -0.3 is 9.47 Å². The van der Waals surface area contributed by atoms with Crippen LogP contribution in [0.5, 0.6) is 0 Å². The van der Waals surface area contributed by atoms with Crippen LogP contribution in [0.15, 0.2) is 54.7 Å². The van der Waals surface area contributed by atoms with Crippen LogP contribution >= 0.6 is 0 Å². The third-order valence-corrected chi connectivity index (χ3v) is 26.4. The van der Waals surface area contributed by atoms with E-state index in [1.54, 1.807) is 0 Å². The van der Waals surface area contributed by atoms with Crippen molar-refractivity contribution >= 4 is 0 Å². The molecule has 0 radical (unpaired) electrons. The molecule has 2 saturated heterocycles. The molecule has 114 heavy (non-hydrogen) atoms. The van der Waals surface area contributed by atoms with Crippen LogP contribution < -0.4 is 0 Å². The Hall–Kier alpha value is -1.75. The molecule has 8 rings (SSSR count). The monoisotopic (exact) mass is 1590 g/mol. The second-order valence-corrected chi connectivity index (χ2v) is 55.2. The maximum Gasteiger partial charge on any atom is 0.0594 e. The minimum absolute atomic E-state index is 0.243. The van der Waals surface area contributed by atoms with Crippen molar-refractivity contribution in [1.29, 1.82) is 0 Å². The van der Waals surface area contributed by atoms with E-state index >= 15 is 0 Å². The molecule has 1 aromatic heterocycles. The zero-order valence-electron chi connectivity index (χ0n) is 87.0. The summed E-state index contributed by atoms with van der Waals surface area (Å²) in [7, 11) is 0. The van der Waals surface area contributed by atoms with Gasteiger partial charge in [-0.3, -0.25) is 9.88 Å². The van der Waals surface area contributed by atoms with Gasteiger partial charge in [0.2, 0.25) is 0 Å². The molecule has 4 heteroatoms. The average molecular weight is 1590 g/mol. The van der Waals surface area contributed by atoms with Gasteiger partial charge in [-0.1, -0.05) is 446 Å². The van der Waals surface area contributed by atoms with Crippen molar-refractivity contribution in [2.75, 3.05) is 39.5 Å². The summed E-state index contributed by atoms with van der Waals surface area (Å²) in [6.45, 7) is 120. The van der Waals surface area contributed by atoms with Gasteiger partial charge in [-0.25, -0.2) is 0 Å². The molecular formula is C110H210N2O2. The Bertz CT molecular complexity index is 2550. The van der Waals surface area contributed by atoms with Gasteiger partial charge in [-0.15, -0.1) is 0 Å². The lowest BCUT2D eigenvalue weighted by Gasteiger charge is -2.49. The highest BCUT2D eigenvalue weighted by Gasteiger charge is 2.48. The molecule has 6 aliphatic rings. The van der Waals surface area contributed by atoms with Crippen molar-refractivity contribution < 1.29 is 9.47 Å². The Morgan fingerprint density at radius 2 is 0.491 bits per heavy atom. The minimum Gasteiger partial charge on any atom is -0.381 e. The number of nitrogens with zero attached hydrogens (tertiary/aromatic N) is 2. The van der Waals surface area contributed by atoms with Crippen LogP contribution in [0.2, 0.25) is 0 Å². The Labute approximate surface area is 719 Å². The van der Waals surface area contributed by atoms with Crippen molar-refractivity contribution in [2.24, 2.45) is 146 Å². The first-order valence-corrected chi connectivity index (χ1v) is 47.7. The molecule has 0 bridgehead atoms. The molecule has 0 unspecified atom stereocenters. The van der Waals surface area contributed by atoms with E-state index in [4.69, 9.17) is 9.47 Å². The topological polar surface area (TPSA) is 34.6 Å². The van der Waals surface area contributed by atoms with E-state index in [1.165, 1.54) is 114 Å². The van der Waals surface area contributed by atoms with E-state index in [9.17, 15) is 0 Å². The number of hydrogen-bond acceptors (Lipinski definition) is 4. The zero-order chi connectivity index (χ0) is 89.3. The minimum atomic E-state index is 0.243. The molecule has 3 heterocycles. The lowest BCUT2D eigenvalue weighted by Crippen LogP contribution is -2.55. The number of pyridine rings is 1. The number of rotatable bonds is 8. The fourth-order valence-electron chi connectivity index (χ4n) is 27.5. The summed E-state index contributed by atoms with van der Waals surface area (Å²) in [4.78, 5) is 7.11. The smallest absolute Gasteiger partial charge is 0.0594 e. The molecule has 4 saturated carbocycles. The molecule has 6 fully saturated rings. The van der Waals surface area contributed by atoms with Gasteiger partial charge in [0.25, 0.3) is 0 Å². The fourth-order valence-corrected chi connectivity index (χ4v) is 27.5. The predicted molar refractivity (Wildman–Crippen MR) is 513 cm³/mol. The van der Waals surface area contributed by atoms with Gasteiger partial charge in [-0.2, -0.15) is 0 Å². The molecule has 0 spiro atoms. The Morgan fingerprint density at radius 3 is 0.711 bits per heavy atom. The SMILES string of the molecule is CC(C)(C)C(C1CC1)C(C)(C)C.CC(C)(C)C(C1CCC1)C(C)(C)C.CC(C)(C)C(C1CCCC1)C(C)(C)C.CC(C)(C)C(C1CCCCC1)C(C)(C)C.CC(C)(C)C(C1CCOCC1)C(C)(C)C.CC(C)(C)C(N1CCOCC1)C(C)(C)C.CC(C)(C)C(c1ccccc1)C(C)(C)C.CC(C)(C)C(c1ccccn1)C(C)(C)C. The van der Waals surface area contributed by atoms with E-state index < -0.39 is 0 Å². The molecule has 4 nitrogen and oxygen atoms in total. The van der Waals surface area contributed by atoms with E-state index in [2.05, 4.69) is 385 Å². The summed E-state index contributed by atoms with van der Waals surface area (Å²) in [5.41, 5.74) is 8.99. The normalized spacial score (nSPS) is 18.8. The standard InChI is InChI=1S/C15H30.C15H24.C14H23N.C14H28O.C14H28.C13H27NO.C13H26.C12H24/c2*1-14(2,3)13(15(4,5)6)12-10-8-7-9-11-12;1-13(2,3)12(14(4,5)6)11-9-7-8-10-15-11;1-13(2,3)12(14(4,5)6)11-7-9-15-10-8-11;1-13(2,3)12(14(4,5)6)11-9-7-8-10-11;1-12(2,3)11(13(4,5)6)14-7-9-15-10-8-14;1-12(2,3)11(13(4,5)6)10-8-7-9-10;1-11(2,3)10(9-7-8-9)12(4,5)6/h12-13H,7-11H2,1-6H3;7-11,13H,1-6H3;7-10,12H,1-6H3;11-12H,7-10H2,1-6H3;11-12H,7-10H2,1-6H3;11H,7-10H2,1-6H3;10-11H,7-9H2,1-6H3;9-10H,7-8H2,1-6H3. The van der Waals surface area contributed by atoms with Crippen LogP contribution in [-0.2, 0) is 9.47 Å². The van der Waals surface area contributed by atoms with Gasteiger partial charge in [0.15, 0.2) is 0 Å². The number of ether oxygens (including phenoxy) is 2. The van der Waals surface area contributed by atoms with Crippen LogP contribution in [0.1, 0.15) is 458 Å². The second-order valence-electron chi connectivity index (χ2n) is 55.2. The quantitative estimate of drug-likeness (QED) is 0.264. The first-order chi connectivity index (χ1) is 50.8. The van der Waals surface area contributed by atoms with Crippen LogP contribution in [0.4, 0.5) is 0 Å². The highest BCUT2D eigenvalue weighted by molar-refractivity contribution is 5.24. The highest BCUT2D eigenvalue weighted by atomic mass is 16.5. The molecule has 1 aromatic carbocycles. The third-order valence-electron chi connectivity index (χ3n) is 26.4. The molecule has 0 N–H and O–H groups in total. The molecule has 2 aliphatic heterocycles. The lowest BCUT2D eigenvalue weighted by atomic mass is 9.56. The average Bonchev–Trinajstić information content (AvgIpc) is 1.48. The Kier molecular flexibility index (Phi) is 42.1. The van der Waals surface area contributed by atoms with Gasteiger partial charge in [0, 0.05) is 50.2 Å². The second kappa shape index (κ2) is 43.5. The van der Waals surface area contributed by atoms with Crippen molar-refractivity contribution in [3.05, 3.63) is 66.0 Å².